The second-order valence-electron chi connectivity index (χ2n) is 3.00. The van der Waals surface area contributed by atoms with Crippen molar-refractivity contribution in [1.29, 1.82) is 0 Å². The van der Waals surface area contributed by atoms with Crippen molar-refractivity contribution in [2.45, 2.75) is 6.92 Å². The smallest absolute Gasteiger partial charge is 0.187 e. The molecule has 3 N–H and O–H groups in total. The second kappa shape index (κ2) is 4.34. The molecule has 5 heteroatoms. The van der Waals surface area contributed by atoms with Gasteiger partial charge in [-0.25, -0.2) is 10.2 Å². The van der Waals surface area contributed by atoms with Gasteiger partial charge in [0.2, 0.25) is 0 Å². The SMILES string of the molecule is Cc1cc(F)ccc1NC(=S)N(C)N. The van der Waals surface area contributed by atoms with Gasteiger partial charge in [-0.1, -0.05) is 0 Å². The summed E-state index contributed by atoms with van der Waals surface area (Å²) < 4.78 is 12.7. The predicted octanol–water partition coefficient (Wildman–Crippen LogP) is 1.64. The summed E-state index contributed by atoms with van der Waals surface area (Å²) in [6, 6.07) is 4.43. The summed E-state index contributed by atoms with van der Waals surface area (Å²) in [6.07, 6.45) is 0. The van der Waals surface area contributed by atoms with E-state index in [0.29, 0.717) is 5.11 Å². The summed E-state index contributed by atoms with van der Waals surface area (Å²) in [7, 11) is 1.63. The van der Waals surface area contributed by atoms with Gasteiger partial charge in [-0.3, -0.25) is 5.01 Å². The molecular weight excluding hydrogens is 201 g/mol. The van der Waals surface area contributed by atoms with E-state index in [1.807, 2.05) is 0 Å². The van der Waals surface area contributed by atoms with E-state index in [9.17, 15) is 4.39 Å². The number of nitrogens with two attached hydrogens (primary N) is 1. The van der Waals surface area contributed by atoms with E-state index >= 15 is 0 Å². The number of hydrogen-bond donors (Lipinski definition) is 2. The molecule has 1 rings (SSSR count). The number of nitrogens with zero attached hydrogens (tertiary/aromatic N) is 1. The average molecular weight is 213 g/mol. The van der Waals surface area contributed by atoms with Crippen molar-refractivity contribution in [3.63, 3.8) is 0 Å². The number of thiocarbonyl (C=S) groups is 1. The van der Waals surface area contributed by atoms with Crippen molar-refractivity contribution >= 4 is 23.0 Å². The minimum atomic E-state index is -0.264. The van der Waals surface area contributed by atoms with Gasteiger partial charge in [0.15, 0.2) is 5.11 Å². The fourth-order valence-electron chi connectivity index (χ4n) is 0.971. The Labute approximate surface area is 87.7 Å². The van der Waals surface area contributed by atoms with Gasteiger partial charge in [0.25, 0.3) is 0 Å². The summed E-state index contributed by atoms with van der Waals surface area (Å²) in [5.41, 5.74) is 1.54. The van der Waals surface area contributed by atoms with Crippen LogP contribution in [0.1, 0.15) is 5.56 Å². The highest BCUT2D eigenvalue weighted by Crippen LogP contribution is 2.15. The first-order chi connectivity index (χ1) is 6.50. The molecule has 0 atom stereocenters. The van der Waals surface area contributed by atoms with Crippen LogP contribution in [0.2, 0.25) is 0 Å². The molecule has 0 bridgehead atoms. The Kier molecular flexibility index (Phi) is 3.38. The highest BCUT2D eigenvalue weighted by Gasteiger charge is 2.03. The maximum Gasteiger partial charge on any atom is 0.187 e. The molecule has 76 valence electrons. The lowest BCUT2D eigenvalue weighted by molar-refractivity contribution is 0.548. The van der Waals surface area contributed by atoms with Crippen molar-refractivity contribution in [3.05, 3.63) is 29.6 Å². The summed E-state index contributed by atoms with van der Waals surface area (Å²) in [5, 5.41) is 4.58. The van der Waals surface area contributed by atoms with Gasteiger partial charge < -0.3 is 5.32 Å². The molecule has 1 aromatic carbocycles. The van der Waals surface area contributed by atoms with Crippen LogP contribution in [0.3, 0.4) is 0 Å². The Bertz CT molecular complexity index is 352. The molecule has 0 spiro atoms. The van der Waals surface area contributed by atoms with Crippen molar-refractivity contribution in [1.82, 2.24) is 5.01 Å². The first-order valence-corrected chi connectivity index (χ1v) is 4.47. The first kappa shape index (κ1) is 10.9. The molecule has 0 saturated heterocycles. The summed E-state index contributed by atoms with van der Waals surface area (Å²) in [5.74, 6) is 5.16. The number of anilines is 1. The fourth-order valence-corrected chi connectivity index (χ4v) is 1.08. The molecule has 14 heavy (non-hydrogen) atoms. The number of nitrogens with one attached hydrogen (secondary N) is 1. The average Bonchev–Trinajstić information content (AvgIpc) is 2.09. The monoisotopic (exact) mass is 213 g/mol. The van der Waals surface area contributed by atoms with Crippen LogP contribution in [0, 0.1) is 12.7 Å². The number of benzene rings is 1. The lowest BCUT2D eigenvalue weighted by atomic mass is 10.2. The number of halogens is 1. The van der Waals surface area contributed by atoms with E-state index in [1.54, 1.807) is 20.0 Å². The third-order valence-electron chi connectivity index (χ3n) is 1.75. The standard InChI is InChI=1S/C9H12FN3S/c1-6-5-7(10)3-4-8(6)12-9(14)13(2)11/h3-5H,11H2,1-2H3,(H,12,14). The Morgan fingerprint density at radius 2 is 2.21 bits per heavy atom. The maximum absolute atomic E-state index is 12.7. The van der Waals surface area contributed by atoms with Gasteiger partial charge >= 0.3 is 0 Å². The molecule has 0 aliphatic heterocycles. The van der Waals surface area contributed by atoms with E-state index in [0.717, 1.165) is 11.3 Å². The normalized spacial score (nSPS) is 9.71. The van der Waals surface area contributed by atoms with Crippen molar-refractivity contribution < 1.29 is 4.39 Å². The van der Waals surface area contributed by atoms with Crippen LogP contribution in [0.4, 0.5) is 10.1 Å². The fraction of sp³-hybridized carbons (Fsp3) is 0.222. The number of hydrogen-bond acceptors (Lipinski definition) is 2. The number of rotatable bonds is 1. The van der Waals surface area contributed by atoms with Gasteiger partial charge in [-0.2, -0.15) is 0 Å². The van der Waals surface area contributed by atoms with Gasteiger partial charge in [0, 0.05) is 12.7 Å². The van der Waals surface area contributed by atoms with Gasteiger partial charge in [-0.05, 0) is 42.9 Å². The molecule has 3 nitrogen and oxygen atoms in total. The molecule has 0 heterocycles. The largest absolute Gasteiger partial charge is 0.331 e. The molecule has 0 aliphatic carbocycles. The summed E-state index contributed by atoms with van der Waals surface area (Å²) in [4.78, 5) is 0. The number of aryl methyl sites for hydroxylation is 1. The molecular formula is C9H12FN3S. The number of hydrazine groups is 1. The van der Waals surface area contributed by atoms with Crippen LogP contribution in [-0.4, -0.2) is 17.2 Å². The zero-order valence-corrected chi connectivity index (χ0v) is 8.86. The van der Waals surface area contributed by atoms with E-state index < -0.39 is 0 Å². The molecule has 0 radical (unpaired) electrons. The molecule has 0 saturated carbocycles. The maximum atomic E-state index is 12.7. The zero-order chi connectivity index (χ0) is 10.7. The predicted molar refractivity (Wildman–Crippen MR) is 59.3 cm³/mol. The molecule has 1 aromatic rings. The third kappa shape index (κ3) is 2.65. The van der Waals surface area contributed by atoms with Crippen LogP contribution >= 0.6 is 12.2 Å². The minimum Gasteiger partial charge on any atom is -0.331 e. The van der Waals surface area contributed by atoms with Gasteiger partial charge in [0.05, 0.1) is 0 Å². The van der Waals surface area contributed by atoms with E-state index in [4.69, 9.17) is 18.1 Å². The van der Waals surface area contributed by atoms with Gasteiger partial charge in [-0.15, -0.1) is 0 Å². The summed E-state index contributed by atoms with van der Waals surface area (Å²) >= 11 is 4.95. The minimum absolute atomic E-state index is 0.264. The lowest BCUT2D eigenvalue weighted by Crippen LogP contribution is -2.36. The molecule has 0 fully saturated rings. The van der Waals surface area contributed by atoms with Crippen molar-refractivity contribution in [2.75, 3.05) is 12.4 Å². The van der Waals surface area contributed by atoms with E-state index in [2.05, 4.69) is 5.32 Å². The van der Waals surface area contributed by atoms with Crippen molar-refractivity contribution in [2.24, 2.45) is 5.84 Å². The van der Waals surface area contributed by atoms with Crippen LogP contribution in [0.25, 0.3) is 0 Å². The third-order valence-corrected chi connectivity index (χ3v) is 2.14. The van der Waals surface area contributed by atoms with Crippen LogP contribution < -0.4 is 11.2 Å². The second-order valence-corrected chi connectivity index (χ2v) is 3.39. The van der Waals surface area contributed by atoms with E-state index in [-0.39, 0.29) is 5.82 Å². The lowest BCUT2D eigenvalue weighted by Gasteiger charge is -2.16. The first-order valence-electron chi connectivity index (χ1n) is 4.06. The Morgan fingerprint density at radius 3 is 2.71 bits per heavy atom. The molecule has 0 unspecified atom stereocenters. The Balaban J connectivity index is 2.82. The van der Waals surface area contributed by atoms with Crippen LogP contribution in [0.5, 0.6) is 0 Å². The highest BCUT2D eigenvalue weighted by molar-refractivity contribution is 7.80. The molecule has 0 amide bonds. The zero-order valence-electron chi connectivity index (χ0n) is 8.04. The topological polar surface area (TPSA) is 41.3 Å². The Hall–Kier alpha value is -1.20. The molecule has 0 aromatic heterocycles. The highest BCUT2D eigenvalue weighted by atomic mass is 32.1. The molecule has 0 aliphatic rings. The Morgan fingerprint density at radius 1 is 1.57 bits per heavy atom. The van der Waals surface area contributed by atoms with E-state index in [1.165, 1.54) is 17.1 Å². The van der Waals surface area contributed by atoms with Crippen LogP contribution in [-0.2, 0) is 0 Å². The van der Waals surface area contributed by atoms with Crippen LogP contribution in [0.15, 0.2) is 18.2 Å². The quantitative estimate of drug-likeness (QED) is 0.423. The van der Waals surface area contributed by atoms with Crippen molar-refractivity contribution in [3.8, 4) is 0 Å². The summed E-state index contributed by atoms with van der Waals surface area (Å²) in [6.45, 7) is 1.80. The van der Waals surface area contributed by atoms with Gasteiger partial charge in [0.1, 0.15) is 5.82 Å².